The standard InChI is InChI=1S/C14H14F2N4O3/c1-8-12(6-17-20(8)7-13(21)23-2)19-14(22)18-11-4-3-9(15)5-10(11)16/h3-6H,7H2,1-2H3,(H2,18,19,22). The summed E-state index contributed by atoms with van der Waals surface area (Å²) in [6.07, 6.45) is 1.35. The minimum atomic E-state index is -0.891. The van der Waals surface area contributed by atoms with Crippen LogP contribution in [0.25, 0.3) is 0 Å². The number of hydrogen-bond donors (Lipinski definition) is 2. The van der Waals surface area contributed by atoms with Gasteiger partial charge >= 0.3 is 12.0 Å². The summed E-state index contributed by atoms with van der Waals surface area (Å²) in [6, 6.07) is 2.07. The van der Waals surface area contributed by atoms with Crippen LogP contribution in [0.4, 0.5) is 25.0 Å². The third-order valence-corrected chi connectivity index (χ3v) is 3.04. The van der Waals surface area contributed by atoms with Crippen LogP contribution in [-0.4, -0.2) is 28.9 Å². The molecule has 0 spiro atoms. The van der Waals surface area contributed by atoms with Crippen molar-refractivity contribution in [1.29, 1.82) is 0 Å². The molecule has 1 heterocycles. The third kappa shape index (κ3) is 4.02. The molecule has 0 aliphatic heterocycles. The number of nitrogens with zero attached hydrogens (tertiary/aromatic N) is 2. The maximum absolute atomic E-state index is 13.5. The number of ether oxygens (including phenoxy) is 1. The van der Waals surface area contributed by atoms with Gasteiger partial charge < -0.3 is 15.4 Å². The Morgan fingerprint density at radius 1 is 1.26 bits per heavy atom. The fraction of sp³-hybridized carbons (Fsp3) is 0.214. The molecule has 0 radical (unpaired) electrons. The van der Waals surface area contributed by atoms with Gasteiger partial charge in [0.2, 0.25) is 0 Å². The van der Waals surface area contributed by atoms with E-state index in [0.29, 0.717) is 17.4 Å². The van der Waals surface area contributed by atoms with E-state index in [4.69, 9.17) is 0 Å². The zero-order chi connectivity index (χ0) is 17.0. The molecule has 23 heavy (non-hydrogen) atoms. The molecule has 122 valence electrons. The second-order valence-electron chi connectivity index (χ2n) is 4.58. The lowest BCUT2D eigenvalue weighted by Crippen LogP contribution is -2.21. The highest BCUT2D eigenvalue weighted by Gasteiger charge is 2.13. The normalized spacial score (nSPS) is 10.3. The Kier molecular flexibility index (Phi) is 4.89. The molecule has 1 aromatic carbocycles. The molecule has 2 rings (SSSR count). The molecule has 2 N–H and O–H groups in total. The number of nitrogens with one attached hydrogen (secondary N) is 2. The summed E-state index contributed by atoms with van der Waals surface area (Å²) >= 11 is 0. The number of urea groups is 1. The van der Waals surface area contributed by atoms with E-state index in [9.17, 15) is 18.4 Å². The van der Waals surface area contributed by atoms with Crippen LogP contribution in [0.3, 0.4) is 0 Å². The molecule has 0 bridgehead atoms. The average Bonchev–Trinajstić information content (AvgIpc) is 2.83. The van der Waals surface area contributed by atoms with Gasteiger partial charge in [0.1, 0.15) is 18.2 Å². The molecule has 1 aromatic heterocycles. The number of benzene rings is 1. The van der Waals surface area contributed by atoms with Gasteiger partial charge in [0, 0.05) is 6.07 Å². The zero-order valence-electron chi connectivity index (χ0n) is 12.4. The van der Waals surface area contributed by atoms with Crippen molar-refractivity contribution in [2.45, 2.75) is 13.5 Å². The van der Waals surface area contributed by atoms with E-state index in [1.54, 1.807) is 6.92 Å². The van der Waals surface area contributed by atoms with Crippen LogP contribution >= 0.6 is 0 Å². The highest BCUT2D eigenvalue weighted by atomic mass is 19.1. The minimum Gasteiger partial charge on any atom is -0.468 e. The number of carbonyl (C=O) groups excluding carboxylic acids is 2. The summed E-state index contributed by atoms with van der Waals surface area (Å²) in [5.41, 5.74) is 0.697. The zero-order valence-corrected chi connectivity index (χ0v) is 12.4. The van der Waals surface area contributed by atoms with Crippen LogP contribution in [0.2, 0.25) is 0 Å². The number of halogens is 2. The van der Waals surface area contributed by atoms with Gasteiger partial charge in [-0.05, 0) is 19.1 Å². The smallest absolute Gasteiger partial charge is 0.327 e. The van der Waals surface area contributed by atoms with Gasteiger partial charge in [-0.15, -0.1) is 0 Å². The molecule has 0 unspecified atom stereocenters. The quantitative estimate of drug-likeness (QED) is 0.845. The molecule has 0 saturated heterocycles. The van der Waals surface area contributed by atoms with Crippen LogP contribution in [0.15, 0.2) is 24.4 Å². The molecule has 0 atom stereocenters. The number of amides is 2. The summed E-state index contributed by atoms with van der Waals surface area (Å²) in [4.78, 5) is 23.1. The molecule has 0 fully saturated rings. The van der Waals surface area contributed by atoms with Crippen molar-refractivity contribution in [2.75, 3.05) is 17.7 Å². The van der Waals surface area contributed by atoms with E-state index in [1.807, 2.05) is 0 Å². The SMILES string of the molecule is COC(=O)Cn1ncc(NC(=O)Nc2ccc(F)cc2F)c1C. The fourth-order valence-electron chi connectivity index (χ4n) is 1.78. The maximum atomic E-state index is 13.5. The lowest BCUT2D eigenvalue weighted by molar-refractivity contribution is -0.141. The Morgan fingerprint density at radius 2 is 1.96 bits per heavy atom. The summed E-state index contributed by atoms with van der Waals surface area (Å²) in [6.45, 7) is 1.54. The Balaban J connectivity index is 2.04. The number of rotatable bonds is 4. The van der Waals surface area contributed by atoms with Crippen LogP contribution in [-0.2, 0) is 16.1 Å². The van der Waals surface area contributed by atoms with Crippen LogP contribution in [0, 0.1) is 18.6 Å². The lowest BCUT2D eigenvalue weighted by Gasteiger charge is -2.08. The minimum absolute atomic E-state index is 0.0990. The Labute approximate surface area is 130 Å². The van der Waals surface area contributed by atoms with Crippen molar-refractivity contribution in [2.24, 2.45) is 0 Å². The Bertz CT molecular complexity index is 746. The molecule has 9 heteroatoms. The Hall–Kier alpha value is -2.97. The fourth-order valence-corrected chi connectivity index (χ4v) is 1.78. The highest BCUT2D eigenvalue weighted by Crippen LogP contribution is 2.17. The molecular weight excluding hydrogens is 310 g/mol. The van der Waals surface area contributed by atoms with Crippen LogP contribution in [0.1, 0.15) is 5.69 Å². The number of esters is 1. The van der Waals surface area contributed by atoms with Crippen molar-refractivity contribution in [3.63, 3.8) is 0 Å². The number of aromatic nitrogens is 2. The molecule has 0 aliphatic carbocycles. The van der Waals surface area contributed by atoms with Crippen molar-refractivity contribution in [3.8, 4) is 0 Å². The van der Waals surface area contributed by atoms with Gasteiger partial charge in [-0.25, -0.2) is 13.6 Å². The largest absolute Gasteiger partial charge is 0.468 e. The van der Waals surface area contributed by atoms with Crippen molar-refractivity contribution in [3.05, 3.63) is 41.7 Å². The van der Waals surface area contributed by atoms with Crippen molar-refractivity contribution >= 4 is 23.4 Å². The molecule has 0 aliphatic rings. The number of hydrogen-bond acceptors (Lipinski definition) is 4. The van der Waals surface area contributed by atoms with E-state index >= 15 is 0 Å². The van der Waals surface area contributed by atoms with Gasteiger partial charge in [0.15, 0.2) is 0 Å². The number of carbonyl (C=O) groups is 2. The van der Waals surface area contributed by atoms with E-state index in [-0.39, 0.29) is 12.2 Å². The molecule has 2 aromatic rings. The first-order valence-corrected chi connectivity index (χ1v) is 6.53. The molecular formula is C14H14F2N4O3. The monoisotopic (exact) mass is 324 g/mol. The van der Waals surface area contributed by atoms with Gasteiger partial charge in [-0.2, -0.15) is 5.10 Å². The van der Waals surface area contributed by atoms with Crippen molar-refractivity contribution in [1.82, 2.24) is 9.78 Å². The second kappa shape index (κ2) is 6.86. The molecule has 7 nitrogen and oxygen atoms in total. The number of anilines is 2. The Morgan fingerprint density at radius 3 is 2.61 bits per heavy atom. The lowest BCUT2D eigenvalue weighted by atomic mass is 10.3. The summed E-state index contributed by atoms with van der Waals surface area (Å²) < 4.78 is 32.1. The van der Waals surface area contributed by atoms with Gasteiger partial charge in [0.25, 0.3) is 0 Å². The van der Waals surface area contributed by atoms with Gasteiger partial charge in [0.05, 0.1) is 30.4 Å². The first-order valence-electron chi connectivity index (χ1n) is 6.53. The van der Waals surface area contributed by atoms with E-state index in [0.717, 1.165) is 12.1 Å². The summed E-state index contributed by atoms with van der Waals surface area (Å²) in [5, 5.41) is 8.66. The first kappa shape index (κ1) is 16.4. The summed E-state index contributed by atoms with van der Waals surface area (Å²) in [7, 11) is 1.25. The predicted molar refractivity (Wildman–Crippen MR) is 78.0 cm³/mol. The van der Waals surface area contributed by atoms with Gasteiger partial charge in [-0.1, -0.05) is 0 Å². The third-order valence-electron chi connectivity index (χ3n) is 3.04. The van der Waals surface area contributed by atoms with Crippen LogP contribution < -0.4 is 10.6 Å². The summed E-state index contributed by atoms with van der Waals surface area (Å²) in [5.74, 6) is -2.12. The highest BCUT2D eigenvalue weighted by molar-refractivity contribution is 6.00. The molecule has 0 saturated carbocycles. The molecule has 2 amide bonds. The average molecular weight is 324 g/mol. The van der Waals surface area contributed by atoms with E-state index in [1.165, 1.54) is 18.0 Å². The topological polar surface area (TPSA) is 85.2 Å². The first-order chi connectivity index (χ1) is 10.9. The van der Waals surface area contributed by atoms with Crippen molar-refractivity contribution < 1.29 is 23.1 Å². The number of methoxy groups -OCH3 is 1. The van der Waals surface area contributed by atoms with Crippen LogP contribution in [0.5, 0.6) is 0 Å². The second-order valence-corrected chi connectivity index (χ2v) is 4.58. The van der Waals surface area contributed by atoms with Gasteiger partial charge in [-0.3, -0.25) is 9.48 Å². The predicted octanol–water partition coefficient (Wildman–Crippen LogP) is 2.29. The van der Waals surface area contributed by atoms with E-state index in [2.05, 4.69) is 20.5 Å². The van der Waals surface area contributed by atoms with E-state index < -0.39 is 23.6 Å². The maximum Gasteiger partial charge on any atom is 0.327 e.